The first-order chi connectivity index (χ1) is 13.0. The molecule has 0 bridgehead atoms. The number of aliphatic hydroxyl groups is 1. The molecule has 27 heavy (non-hydrogen) atoms. The second-order valence-corrected chi connectivity index (χ2v) is 7.42. The van der Waals surface area contributed by atoms with Crippen molar-refractivity contribution >= 4 is 6.03 Å². The van der Waals surface area contributed by atoms with Crippen LogP contribution in [0.5, 0.6) is 0 Å². The maximum Gasteiger partial charge on any atom is 0.315 e. The molecule has 0 spiro atoms. The number of nitrogens with one attached hydrogen (secondary N) is 2. The van der Waals surface area contributed by atoms with Crippen LogP contribution in [0.2, 0.25) is 0 Å². The molecule has 1 unspecified atom stereocenters. The van der Waals surface area contributed by atoms with E-state index in [4.69, 9.17) is 0 Å². The minimum atomic E-state index is -0.835. The Bertz CT molecular complexity index is 758. The van der Waals surface area contributed by atoms with Crippen molar-refractivity contribution in [2.24, 2.45) is 0 Å². The SMILES string of the molecule is Cc1ccccc1C(NC(=O)NCC1(O)CCN(C)CC1)c1ccncc1. The molecule has 0 aliphatic carbocycles. The van der Waals surface area contributed by atoms with E-state index >= 15 is 0 Å². The van der Waals surface area contributed by atoms with Gasteiger partial charge in [0.15, 0.2) is 0 Å². The van der Waals surface area contributed by atoms with Crippen LogP contribution in [0, 0.1) is 6.92 Å². The maximum absolute atomic E-state index is 12.6. The third-order valence-electron chi connectivity index (χ3n) is 5.31. The van der Waals surface area contributed by atoms with Crippen LogP contribution >= 0.6 is 0 Å². The average molecular weight is 368 g/mol. The molecule has 0 radical (unpaired) electrons. The topological polar surface area (TPSA) is 77.5 Å². The van der Waals surface area contributed by atoms with Crippen molar-refractivity contribution in [2.75, 3.05) is 26.7 Å². The van der Waals surface area contributed by atoms with E-state index < -0.39 is 5.60 Å². The fourth-order valence-corrected chi connectivity index (χ4v) is 3.45. The van der Waals surface area contributed by atoms with Gasteiger partial charge in [0.2, 0.25) is 0 Å². The highest BCUT2D eigenvalue weighted by molar-refractivity contribution is 5.75. The smallest absolute Gasteiger partial charge is 0.315 e. The number of hydrogen-bond acceptors (Lipinski definition) is 4. The van der Waals surface area contributed by atoms with Crippen LogP contribution in [-0.4, -0.2) is 53.3 Å². The first-order valence-electron chi connectivity index (χ1n) is 9.38. The van der Waals surface area contributed by atoms with Gasteiger partial charge in [0.05, 0.1) is 11.6 Å². The number of amides is 2. The number of nitrogens with zero attached hydrogens (tertiary/aromatic N) is 2. The number of aromatic nitrogens is 1. The molecular formula is C21H28N4O2. The Balaban J connectivity index is 1.69. The Morgan fingerprint density at radius 3 is 2.56 bits per heavy atom. The summed E-state index contributed by atoms with van der Waals surface area (Å²) in [6.45, 7) is 3.96. The first kappa shape index (κ1) is 19.3. The van der Waals surface area contributed by atoms with E-state index in [0.29, 0.717) is 12.8 Å². The van der Waals surface area contributed by atoms with Crippen molar-refractivity contribution in [2.45, 2.75) is 31.4 Å². The Labute approximate surface area is 160 Å². The van der Waals surface area contributed by atoms with E-state index in [9.17, 15) is 9.90 Å². The Kier molecular flexibility index (Phi) is 6.08. The van der Waals surface area contributed by atoms with Crippen LogP contribution in [0.3, 0.4) is 0 Å². The highest BCUT2D eigenvalue weighted by atomic mass is 16.3. The standard InChI is InChI=1S/C21H28N4O2/c1-16-5-3-4-6-18(16)19(17-7-11-22-12-8-17)24-20(26)23-15-21(27)9-13-25(2)14-10-21/h3-8,11-12,19,27H,9-10,13-15H2,1-2H3,(H2,23,24,26). The summed E-state index contributed by atoms with van der Waals surface area (Å²) in [5, 5.41) is 16.6. The predicted molar refractivity (Wildman–Crippen MR) is 105 cm³/mol. The molecule has 3 rings (SSSR count). The molecule has 2 amide bonds. The molecule has 2 heterocycles. The molecule has 1 aromatic heterocycles. The molecule has 1 aliphatic heterocycles. The summed E-state index contributed by atoms with van der Waals surface area (Å²) in [6.07, 6.45) is 4.77. The molecule has 144 valence electrons. The van der Waals surface area contributed by atoms with Gasteiger partial charge in [-0.15, -0.1) is 0 Å². The lowest BCUT2D eigenvalue weighted by Crippen LogP contribution is -2.52. The van der Waals surface area contributed by atoms with Crippen LogP contribution in [0.1, 0.15) is 35.6 Å². The number of pyridine rings is 1. The van der Waals surface area contributed by atoms with Gasteiger partial charge in [0.25, 0.3) is 0 Å². The number of aryl methyl sites for hydroxylation is 1. The minimum Gasteiger partial charge on any atom is -0.388 e. The number of benzene rings is 1. The van der Waals surface area contributed by atoms with Gasteiger partial charge >= 0.3 is 6.03 Å². The highest BCUT2D eigenvalue weighted by Crippen LogP contribution is 2.25. The van der Waals surface area contributed by atoms with Gasteiger partial charge in [-0.05, 0) is 55.6 Å². The lowest BCUT2D eigenvalue weighted by Gasteiger charge is -2.36. The van der Waals surface area contributed by atoms with Crippen molar-refractivity contribution in [1.82, 2.24) is 20.5 Å². The van der Waals surface area contributed by atoms with Gasteiger partial charge in [-0.25, -0.2) is 4.79 Å². The molecule has 1 atom stereocenters. The van der Waals surface area contributed by atoms with Crippen LogP contribution in [0.4, 0.5) is 4.79 Å². The molecule has 1 aromatic carbocycles. The number of likely N-dealkylation sites (tertiary alicyclic amines) is 1. The zero-order chi connectivity index (χ0) is 19.3. The quantitative estimate of drug-likeness (QED) is 0.756. The second-order valence-electron chi connectivity index (χ2n) is 7.42. The lowest BCUT2D eigenvalue weighted by molar-refractivity contribution is -0.0123. The van der Waals surface area contributed by atoms with Crippen LogP contribution in [0.15, 0.2) is 48.8 Å². The number of rotatable bonds is 5. The van der Waals surface area contributed by atoms with Crippen molar-refractivity contribution in [3.63, 3.8) is 0 Å². The van der Waals surface area contributed by atoms with E-state index in [1.807, 2.05) is 50.4 Å². The lowest BCUT2D eigenvalue weighted by atomic mass is 9.91. The zero-order valence-electron chi connectivity index (χ0n) is 16.0. The van der Waals surface area contributed by atoms with Gasteiger partial charge in [-0.2, -0.15) is 0 Å². The third-order valence-corrected chi connectivity index (χ3v) is 5.31. The van der Waals surface area contributed by atoms with E-state index in [-0.39, 0.29) is 18.6 Å². The van der Waals surface area contributed by atoms with E-state index in [2.05, 4.69) is 20.5 Å². The van der Waals surface area contributed by atoms with Crippen molar-refractivity contribution < 1.29 is 9.90 Å². The largest absolute Gasteiger partial charge is 0.388 e. The highest BCUT2D eigenvalue weighted by Gasteiger charge is 2.31. The Hall–Kier alpha value is -2.44. The second kappa shape index (κ2) is 8.50. The van der Waals surface area contributed by atoms with Gasteiger partial charge in [-0.1, -0.05) is 24.3 Å². The summed E-state index contributed by atoms with van der Waals surface area (Å²) in [6, 6.07) is 11.3. The number of carbonyl (C=O) groups is 1. The predicted octanol–water partition coefficient (Wildman–Crippen LogP) is 2.24. The molecule has 1 fully saturated rings. The molecular weight excluding hydrogens is 340 g/mol. The zero-order valence-corrected chi connectivity index (χ0v) is 16.0. The first-order valence-corrected chi connectivity index (χ1v) is 9.38. The summed E-state index contributed by atoms with van der Waals surface area (Å²) in [5.74, 6) is 0. The van der Waals surface area contributed by atoms with E-state index in [1.165, 1.54) is 0 Å². The van der Waals surface area contributed by atoms with E-state index in [0.717, 1.165) is 29.8 Å². The summed E-state index contributed by atoms with van der Waals surface area (Å²) in [5.41, 5.74) is 2.27. The summed E-state index contributed by atoms with van der Waals surface area (Å²) in [7, 11) is 2.04. The Morgan fingerprint density at radius 1 is 1.22 bits per heavy atom. The summed E-state index contributed by atoms with van der Waals surface area (Å²) < 4.78 is 0. The monoisotopic (exact) mass is 368 g/mol. The van der Waals surface area contributed by atoms with Crippen LogP contribution in [0.25, 0.3) is 0 Å². The van der Waals surface area contributed by atoms with E-state index in [1.54, 1.807) is 12.4 Å². The molecule has 1 aliphatic rings. The van der Waals surface area contributed by atoms with Crippen molar-refractivity contribution in [1.29, 1.82) is 0 Å². The molecule has 6 heteroatoms. The van der Waals surface area contributed by atoms with Gasteiger partial charge in [0.1, 0.15) is 0 Å². The fraction of sp³-hybridized carbons (Fsp3) is 0.429. The molecule has 2 aromatic rings. The Morgan fingerprint density at radius 2 is 1.89 bits per heavy atom. The normalized spacial score (nSPS) is 17.9. The molecule has 6 nitrogen and oxygen atoms in total. The van der Waals surface area contributed by atoms with Gasteiger partial charge in [-0.3, -0.25) is 4.98 Å². The van der Waals surface area contributed by atoms with Gasteiger partial charge in [0, 0.05) is 32.0 Å². The molecule has 1 saturated heterocycles. The molecule has 3 N–H and O–H groups in total. The summed E-state index contributed by atoms with van der Waals surface area (Å²) in [4.78, 5) is 18.9. The van der Waals surface area contributed by atoms with Crippen LogP contribution < -0.4 is 10.6 Å². The summed E-state index contributed by atoms with van der Waals surface area (Å²) >= 11 is 0. The molecule has 0 saturated carbocycles. The third kappa shape index (κ3) is 5.05. The average Bonchev–Trinajstić information content (AvgIpc) is 2.69. The van der Waals surface area contributed by atoms with Crippen LogP contribution in [-0.2, 0) is 0 Å². The minimum absolute atomic E-state index is 0.253. The number of urea groups is 1. The number of piperidine rings is 1. The maximum atomic E-state index is 12.6. The van der Waals surface area contributed by atoms with Crippen molar-refractivity contribution in [3.8, 4) is 0 Å². The van der Waals surface area contributed by atoms with Crippen molar-refractivity contribution in [3.05, 3.63) is 65.5 Å². The number of hydrogen-bond donors (Lipinski definition) is 3. The van der Waals surface area contributed by atoms with Gasteiger partial charge < -0.3 is 20.6 Å². The number of carbonyl (C=O) groups excluding carboxylic acids is 1. The fourth-order valence-electron chi connectivity index (χ4n) is 3.45.